The minimum atomic E-state index is -0.993. The topological polar surface area (TPSA) is 49.3 Å². The minimum absolute atomic E-state index is 0.321. The molecule has 0 aliphatic heterocycles. The first-order chi connectivity index (χ1) is 8.93. The summed E-state index contributed by atoms with van der Waals surface area (Å²) in [6, 6.07) is 6.30. The predicted octanol–water partition coefficient (Wildman–Crippen LogP) is 3.14. The number of nitrogens with one attached hydrogen (secondary N) is 1. The van der Waals surface area contributed by atoms with Gasteiger partial charge in [-0.05, 0) is 44.7 Å². The van der Waals surface area contributed by atoms with Gasteiger partial charge in [-0.1, -0.05) is 36.6 Å². The maximum absolute atomic E-state index is 11.8. The van der Waals surface area contributed by atoms with E-state index >= 15 is 0 Å². The Morgan fingerprint density at radius 1 is 1.32 bits per heavy atom. The maximum atomic E-state index is 11.8. The van der Waals surface area contributed by atoms with Crippen LogP contribution in [0.2, 0.25) is 0 Å². The van der Waals surface area contributed by atoms with E-state index in [1.54, 1.807) is 6.92 Å². The second-order valence-electron chi connectivity index (χ2n) is 5.87. The minimum Gasteiger partial charge on any atom is -0.480 e. The van der Waals surface area contributed by atoms with Crippen LogP contribution in [0.25, 0.3) is 0 Å². The van der Waals surface area contributed by atoms with Gasteiger partial charge in [0.15, 0.2) is 0 Å². The Labute approximate surface area is 115 Å². The number of aliphatic carboxylic acids is 1. The van der Waals surface area contributed by atoms with E-state index in [1.165, 1.54) is 12.8 Å². The van der Waals surface area contributed by atoms with Crippen molar-refractivity contribution in [1.29, 1.82) is 0 Å². The summed E-state index contributed by atoms with van der Waals surface area (Å²) < 4.78 is 0. The first-order valence-corrected chi connectivity index (χ1v) is 7.02. The van der Waals surface area contributed by atoms with Crippen molar-refractivity contribution in [1.82, 2.24) is 5.32 Å². The van der Waals surface area contributed by atoms with Crippen LogP contribution in [0.4, 0.5) is 0 Å². The Morgan fingerprint density at radius 3 is 2.47 bits per heavy atom. The number of carboxylic acid groups (broad SMARTS) is 1. The van der Waals surface area contributed by atoms with Gasteiger partial charge in [0.2, 0.25) is 0 Å². The van der Waals surface area contributed by atoms with E-state index in [9.17, 15) is 9.90 Å². The molecule has 104 valence electrons. The largest absolute Gasteiger partial charge is 0.480 e. The summed E-state index contributed by atoms with van der Waals surface area (Å²) in [5.74, 6) is -0.800. The Bertz CT molecular complexity index is 478. The first kappa shape index (κ1) is 14.1. The van der Waals surface area contributed by atoms with E-state index in [2.05, 4.69) is 5.32 Å². The van der Waals surface area contributed by atoms with Crippen LogP contribution in [0.1, 0.15) is 49.3 Å². The molecule has 1 aromatic rings. The average Bonchev–Trinajstić information content (AvgIpc) is 2.81. The number of carboxylic acids is 1. The zero-order valence-corrected chi connectivity index (χ0v) is 12.0. The van der Waals surface area contributed by atoms with Crippen LogP contribution in [0, 0.1) is 13.8 Å². The van der Waals surface area contributed by atoms with Crippen LogP contribution in [0.5, 0.6) is 0 Å². The lowest BCUT2D eigenvalue weighted by Crippen LogP contribution is -2.51. The van der Waals surface area contributed by atoms with Crippen molar-refractivity contribution in [3.63, 3.8) is 0 Å². The molecule has 19 heavy (non-hydrogen) atoms. The molecule has 0 bridgehead atoms. The first-order valence-electron chi connectivity index (χ1n) is 7.02. The van der Waals surface area contributed by atoms with Gasteiger partial charge in [-0.2, -0.15) is 0 Å². The third-order valence-electron chi connectivity index (χ3n) is 4.20. The molecule has 2 rings (SSSR count). The average molecular weight is 261 g/mol. The molecule has 0 radical (unpaired) electrons. The van der Waals surface area contributed by atoms with Crippen molar-refractivity contribution >= 4 is 5.97 Å². The molecule has 1 aromatic carbocycles. The van der Waals surface area contributed by atoms with Gasteiger partial charge in [-0.3, -0.25) is 5.32 Å². The van der Waals surface area contributed by atoms with E-state index < -0.39 is 11.5 Å². The fraction of sp³-hybridized carbons (Fsp3) is 0.562. The number of rotatable bonds is 4. The number of aryl methyl sites for hydroxylation is 2. The van der Waals surface area contributed by atoms with Gasteiger partial charge >= 0.3 is 5.97 Å². The third-order valence-corrected chi connectivity index (χ3v) is 4.20. The Kier molecular flexibility index (Phi) is 3.95. The molecule has 2 N–H and O–H groups in total. The molecule has 3 nitrogen and oxygen atoms in total. The Morgan fingerprint density at radius 2 is 1.95 bits per heavy atom. The zero-order valence-electron chi connectivity index (χ0n) is 12.0. The summed E-state index contributed by atoms with van der Waals surface area (Å²) in [4.78, 5) is 11.8. The van der Waals surface area contributed by atoms with Gasteiger partial charge in [0.1, 0.15) is 5.54 Å². The highest BCUT2D eigenvalue weighted by molar-refractivity contribution is 5.81. The molecule has 1 aliphatic rings. The van der Waals surface area contributed by atoms with Crippen molar-refractivity contribution in [2.75, 3.05) is 0 Å². The van der Waals surface area contributed by atoms with Crippen LogP contribution in [0.3, 0.4) is 0 Å². The second-order valence-corrected chi connectivity index (χ2v) is 5.87. The highest BCUT2D eigenvalue weighted by Gasteiger charge is 2.38. The van der Waals surface area contributed by atoms with Gasteiger partial charge in [-0.15, -0.1) is 0 Å². The van der Waals surface area contributed by atoms with Crippen LogP contribution < -0.4 is 5.32 Å². The van der Waals surface area contributed by atoms with Crippen molar-refractivity contribution in [2.24, 2.45) is 0 Å². The third kappa shape index (κ3) is 2.81. The van der Waals surface area contributed by atoms with Crippen molar-refractivity contribution < 1.29 is 9.90 Å². The Balaban J connectivity index is 2.34. The molecule has 1 fully saturated rings. The number of benzene rings is 1. The monoisotopic (exact) mass is 261 g/mol. The normalized spacial score (nSPS) is 19.3. The molecule has 0 saturated heterocycles. The highest BCUT2D eigenvalue weighted by atomic mass is 16.4. The fourth-order valence-corrected chi connectivity index (χ4v) is 3.11. The lowest BCUT2D eigenvalue weighted by atomic mass is 9.87. The Hall–Kier alpha value is -1.35. The fourth-order valence-electron chi connectivity index (χ4n) is 3.11. The molecule has 1 unspecified atom stereocenters. The SMILES string of the molecule is Cc1ccc(C(C)(NC2CCCC2)C(=O)O)c(C)c1. The van der Waals surface area contributed by atoms with Gasteiger partial charge in [0.05, 0.1) is 0 Å². The summed E-state index contributed by atoms with van der Waals surface area (Å²) in [6.07, 6.45) is 4.54. The smallest absolute Gasteiger partial charge is 0.328 e. The number of hydrogen-bond donors (Lipinski definition) is 2. The molecule has 0 spiro atoms. The lowest BCUT2D eigenvalue weighted by Gasteiger charge is -2.31. The zero-order chi connectivity index (χ0) is 14.0. The van der Waals surface area contributed by atoms with Gasteiger partial charge in [0.25, 0.3) is 0 Å². The van der Waals surface area contributed by atoms with Crippen LogP contribution in [-0.4, -0.2) is 17.1 Å². The predicted molar refractivity (Wildman–Crippen MR) is 76.3 cm³/mol. The molecular formula is C16H23NO2. The molecule has 1 saturated carbocycles. The summed E-state index contributed by atoms with van der Waals surface area (Å²) in [7, 11) is 0. The standard InChI is InChI=1S/C16H23NO2/c1-11-8-9-14(12(2)10-11)16(3,15(18)19)17-13-6-4-5-7-13/h8-10,13,17H,4-7H2,1-3H3,(H,18,19). The quantitative estimate of drug-likeness (QED) is 0.875. The molecule has 0 amide bonds. The molecular weight excluding hydrogens is 238 g/mol. The van der Waals surface area contributed by atoms with Crippen molar-refractivity contribution in [3.05, 3.63) is 34.9 Å². The van der Waals surface area contributed by atoms with Gasteiger partial charge in [0, 0.05) is 6.04 Å². The molecule has 1 atom stereocenters. The van der Waals surface area contributed by atoms with Crippen molar-refractivity contribution in [2.45, 2.75) is 58.0 Å². The van der Waals surface area contributed by atoms with E-state index in [1.807, 2.05) is 32.0 Å². The summed E-state index contributed by atoms with van der Waals surface area (Å²) in [5, 5.41) is 13.0. The second kappa shape index (κ2) is 5.33. The summed E-state index contributed by atoms with van der Waals surface area (Å²) in [5.41, 5.74) is 2.08. The summed E-state index contributed by atoms with van der Waals surface area (Å²) in [6.45, 7) is 5.80. The number of carbonyl (C=O) groups is 1. The van der Waals surface area contributed by atoms with E-state index in [4.69, 9.17) is 0 Å². The molecule has 0 aromatic heterocycles. The van der Waals surface area contributed by atoms with Crippen LogP contribution in [0.15, 0.2) is 18.2 Å². The lowest BCUT2D eigenvalue weighted by molar-refractivity contribution is -0.145. The molecule has 1 aliphatic carbocycles. The molecule has 3 heteroatoms. The van der Waals surface area contributed by atoms with Gasteiger partial charge in [-0.25, -0.2) is 4.79 Å². The summed E-state index contributed by atoms with van der Waals surface area (Å²) >= 11 is 0. The van der Waals surface area contributed by atoms with E-state index in [0.717, 1.165) is 29.5 Å². The van der Waals surface area contributed by atoms with Crippen LogP contribution >= 0.6 is 0 Å². The van der Waals surface area contributed by atoms with Gasteiger partial charge < -0.3 is 5.11 Å². The number of hydrogen-bond acceptors (Lipinski definition) is 2. The highest BCUT2D eigenvalue weighted by Crippen LogP contribution is 2.29. The maximum Gasteiger partial charge on any atom is 0.328 e. The molecule has 0 heterocycles. The van der Waals surface area contributed by atoms with E-state index in [0.29, 0.717) is 6.04 Å². The van der Waals surface area contributed by atoms with E-state index in [-0.39, 0.29) is 0 Å². The van der Waals surface area contributed by atoms with Crippen LogP contribution in [-0.2, 0) is 10.3 Å². The van der Waals surface area contributed by atoms with Crippen molar-refractivity contribution in [3.8, 4) is 0 Å².